The van der Waals surface area contributed by atoms with Gasteiger partial charge in [0.05, 0.1) is 0 Å². The van der Waals surface area contributed by atoms with E-state index in [0.29, 0.717) is 6.54 Å². The first-order valence-electron chi connectivity index (χ1n) is 7.70. The average Bonchev–Trinajstić information content (AvgIpc) is 2.40. The molecule has 1 fully saturated rings. The Morgan fingerprint density at radius 3 is 2.35 bits per heavy atom. The van der Waals surface area contributed by atoms with E-state index in [2.05, 4.69) is 52.5 Å². The van der Waals surface area contributed by atoms with Crippen LogP contribution >= 0.6 is 15.9 Å². The van der Waals surface area contributed by atoms with E-state index in [1.165, 1.54) is 16.7 Å². The number of halogens is 1. The first kappa shape index (κ1) is 17.7. The molecule has 2 N–H and O–H groups in total. The fourth-order valence-corrected chi connectivity index (χ4v) is 3.68. The van der Waals surface area contributed by atoms with Crippen LogP contribution in [0.2, 0.25) is 0 Å². The van der Waals surface area contributed by atoms with Gasteiger partial charge in [0.25, 0.3) is 0 Å². The fourth-order valence-electron chi connectivity index (χ4n) is 2.99. The minimum absolute atomic E-state index is 0.107. The van der Waals surface area contributed by atoms with Gasteiger partial charge in [0.15, 0.2) is 0 Å². The minimum Gasteiger partial charge on any atom is -0.356 e. The SMILES string of the molecule is Cc1cc(Br)cc(C)c1CCNC(=O)CC1CC(=O)NC(=O)C1. The summed E-state index contributed by atoms with van der Waals surface area (Å²) < 4.78 is 1.06. The predicted molar refractivity (Wildman–Crippen MR) is 90.8 cm³/mol. The zero-order valence-electron chi connectivity index (χ0n) is 13.4. The van der Waals surface area contributed by atoms with Crippen molar-refractivity contribution in [2.45, 2.75) is 39.5 Å². The summed E-state index contributed by atoms with van der Waals surface area (Å²) >= 11 is 3.47. The second kappa shape index (κ2) is 7.73. The number of amides is 3. The molecule has 0 saturated carbocycles. The van der Waals surface area contributed by atoms with Gasteiger partial charge in [-0.3, -0.25) is 19.7 Å². The number of rotatable bonds is 5. The highest BCUT2D eigenvalue weighted by Crippen LogP contribution is 2.21. The zero-order chi connectivity index (χ0) is 17.0. The van der Waals surface area contributed by atoms with Crippen molar-refractivity contribution < 1.29 is 14.4 Å². The number of piperidine rings is 1. The van der Waals surface area contributed by atoms with Gasteiger partial charge >= 0.3 is 0 Å². The molecule has 23 heavy (non-hydrogen) atoms. The van der Waals surface area contributed by atoms with E-state index in [-0.39, 0.29) is 42.9 Å². The van der Waals surface area contributed by atoms with E-state index in [0.717, 1.165) is 10.9 Å². The van der Waals surface area contributed by atoms with Crippen LogP contribution < -0.4 is 10.6 Å². The van der Waals surface area contributed by atoms with Crippen LogP contribution in [0.25, 0.3) is 0 Å². The molecule has 1 aromatic carbocycles. The van der Waals surface area contributed by atoms with Crippen LogP contribution in [0.4, 0.5) is 0 Å². The lowest BCUT2D eigenvalue weighted by atomic mass is 9.93. The Morgan fingerprint density at radius 1 is 1.22 bits per heavy atom. The molecule has 0 bridgehead atoms. The summed E-state index contributed by atoms with van der Waals surface area (Å²) in [5.41, 5.74) is 3.63. The van der Waals surface area contributed by atoms with E-state index < -0.39 is 0 Å². The molecule has 0 aromatic heterocycles. The highest BCUT2D eigenvalue weighted by atomic mass is 79.9. The first-order chi connectivity index (χ1) is 10.8. The second-order valence-electron chi connectivity index (χ2n) is 6.07. The predicted octanol–water partition coefficient (Wildman–Crippen LogP) is 2.17. The van der Waals surface area contributed by atoms with Crippen molar-refractivity contribution in [3.63, 3.8) is 0 Å². The summed E-state index contributed by atoms with van der Waals surface area (Å²) in [6, 6.07) is 4.13. The maximum absolute atomic E-state index is 12.0. The zero-order valence-corrected chi connectivity index (χ0v) is 15.0. The quantitative estimate of drug-likeness (QED) is 0.768. The first-order valence-corrected chi connectivity index (χ1v) is 8.49. The number of benzene rings is 1. The van der Waals surface area contributed by atoms with Crippen molar-refractivity contribution in [3.05, 3.63) is 33.3 Å². The third-order valence-corrected chi connectivity index (χ3v) is 4.52. The molecule has 1 heterocycles. The van der Waals surface area contributed by atoms with Crippen molar-refractivity contribution in [2.24, 2.45) is 5.92 Å². The Bertz CT molecular complexity index is 604. The van der Waals surface area contributed by atoms with Gasteiger partial charge in [0.2, 0.25) is 17.7 Å². The van der Waals surface area contributed by atoms with Crippen LogP contribution in [0.3, 0.4) is 0 Å². The van der Waals surface area contributed by atoms with Crippen LogP contribution in [0.5, 0.6) is 0 Å². The summed E-state index contributed by atoms with van der Waals surface area (Å²) in [7, 11) is 0. The van der Waals surface area contributed by atoms with Crippen LogP contribution in [-0.4, -0.2) is 24.3 Å². The normalized spacial score (nSPS) is 15.4. The monoisotopic (exact) mass is 380 g/mol. The van der Waals surface area contributed by atoms with Crippen molar-refractivity contribution in [2.75, 3.05) is 6.54 Å². The Kier molecular flexibility index (Phi) is 5.93. The maximum Gasteiger partial charge on any atom is 0.226 e. The summed E-state index contributed by atoms with van der Waals surface area (Å²) in [6.45, 7) is 4.66. The number of carbonyl (C=O) groups is 3. The third kappa shape index (κ3) is 5.16. The highest BCUT2D eigenvalue weighted by Gasteiger charge is 2.26. The van der Waals surface area contributed by atoms with Crippen molar-refractivity contribution >= 4 is 33.7 Å². The van der Waals surface area contributed by atoms with E-state index in [1.807, 2.05) is 0 Å². The van der Waals surface area contributed by atoms with Crippen molar-refractivity contribution in [1.29, 1.82) is 0 Å². The van der Waals surface area contributed by atoms with E-state index in [1.54, 1.807) is 0 Å². The number of carbonyl (C=O) groups excluding carboxylic acids is 3. The molecule has 124 valence electrons. The van der Waals surface area contributed by atoms with Crippen molar-refractivity contribution in [1.82, 2.24) is 10.6 Å². The molecule has 1 aliphatic rings. The number of imide groups is 1. The van der Waals surface area contributed by atoms with Gasteiger partial charge in [-0.25, -0.2) is 0 Å². The van der Waals surface area contributed by atoms with Gasteiger partial charge in [-0.2, -0.15) is 0 Å². The van der Waals surface area contributed by atoms with Crippen LogP contribution in [-0.2, 0) is 20.8 Å². The molecule has 0 radical (unpaired) electrons. The molecule has 0 atom stereocenters. The summed E-state index contributed by atoms with van der Waals surface area (Å²) in [4.78, 5) is 34.6. The summed E-state index contributed by atoms with van der Waals surface area (Å²) in [5.74, 6) is -0.877. The van der Waals surface area contributed by atoms with E-state index in [9.17, 15) is 14.4 Å². The lowest BCUT2D eigenvalue weighted by Crippen LogP contribution is -2.40. The molecule has 1 saturated heterocycles. The van der Waals surface area contributed by atoms with Gasteiger partial charge in [0, 0.05) is 30.3 Å². The average molecular weight is 381 g/mol. The summed E-state index contributed by atoms with van der Waals surface area (Å²) in [5, 5.41) is 5.13. The Hall–Kier alpha value is -1.69. The molecule has 6 heteroatoms. The topological polar surface area (TPSA) is 75.3 Å². The molecule has 3 amide bonds. The molecule has 1 aromatic rings. The highest BCUT2D eigenvalue weighted by molar-refractivity contribution is 9.10. The Morgan fingerprint density at radius 2 is 1.78 bits per heavy atom. The molecule has 2 rings (SSSR count). The van der Waals surface area contributed by atoms with Crippen LogP contribution in [0, 0.1) is 19.8 Å². The van der Waals surface area contributed by atoms with Gasteiger partial charge in [0.1, 0.15) is 0 Å². The molecule has 1 aliphatic heterocycles. The standard InChI is InChI=1S/C17H21BrN2O3/c1-10-5-13(18)6-11(2)14(10)3-4-19-15(21)7-12-8-16(22)20-17(23)9-12/h5-6,12H,3-4,7-9H2,1-2H3,(H,19,21)(H,20,22,23). The summed E-state index contributed by atoms with van der Waals surface area (Å²) in [6.07, 6.45) is 1.46. The van der Waals surface area contributed by atoms with Crippen LogP contribution in [0.15, 0.2) is 16.6 Å². The van der Waals surface area contributed by atoms with Crippen molar-refractivity contribution in [3.8, 4) is 0 Å². The maximum atomic E-state index is 12.0. The molecular weight excluding hydrogens is 360 g/mol. The van der Waals surface area contributed by atoms with Gasteiger partial charge in [-0.1, -0.05) is 15.9 Å². The van der Waals surface area contributed by atoms with Gasteiger partial charge < -0.3 is 5.32 Å². The number of aryl methyl sites for hydroxylation is 2. The number of hydrogen-bond acceptors (Lipinski definition) is 3. The fraction of sp³-hybridized carbons (Fsp3) is 0.471. The molecule has 5 nitrogen and oxygen atoms in total. The molecule has 0 aliphatic carbocycles. The molecular formula is C17H21BrN2O3. The van der Waals surface area contributed by atoms with Gasteiger partial charge in [-0.05, 0) is 55.0 Å². The Balaban J connectivity index is 1.81. The third-order valence-electron chi connectivity index (χ3n) is 4.06. The minimum atomic E-state index is -0.292. The molecule has 0 spiro atoms. The van der Waals surface area contributed by atoms with Crippen LogP contribution in [0.1, 0.15) is 36.0 Å². The largest absolute Gasteiger partial charge is 0.356 e. The number of nitrogens with one attached hydrogen (secondary N) is 2. The lowest BCUT2D eigenvalue weighted by molar-refractivity contribution is -0.135. The Labute approximate surface area is 144 Å². The van der Waals surface area contributed by atoms with E-state index >= 15 is 0 Å². The van der Waals surface area contributed by atoms with Gasteiger partial charge in [-0.15, -0.1) is 0 Å². The van der Waals surface area contributed by atoms with E-state index in [4.69, 9.17) is 0 Å². The lowest BCUT2D eigenvalue weighted by Gasteiger charge is -2.20. The molecule has 0 unspecified atom stereocenters. The number of hydrogen-bond donors (Lipinski definition) is 2. The smallest absolute Gasteiger partial charge is 0.226 e. The second-order valence-corrected chi connectivity index (χ2v) is 6.98.